The Morgan fingerprint density at radius 2 is 1.82 bits per heavy atom. The molecule has 0 aromatic heterocycles. The lowest BCUT2D eigenvalue weighted by molar-refractivity contribution is -0.137. The van der Waals surface area contributed by atoms with Crippen molar-refractivity contribution in [2.45, 2.75) is 71.1 Å². The van der Waals surface area contributed by atoms with Crippen LogP contribution in [0.5, 0.6) is 0 Å². The van der Waals surface area contributed by atoms with Gasteiger partial charge < -0.3 is 19.9 Å². The summed E-state index contributed by atoms with van der Waals surface area (Å²) in [6, 6.07) is 6.28. The molecule has 0 bridgehead atoms. The van der Waals surface area contributed by atoms with Gasteiger partial charge in [-0.05, 0) is 49.8 Å². The molecule has 1 aromatic rings. The van der Waals surface area contributed by atoms with Gasteiger partial charge in [-0.2, -0.15) is 13.2 Å². The van der Waals surface area contributed by atoms with Gasteiger partial charge in [-0.1, -0.05) is 33.3 Å². The second kappa shape index (κ2) is 12.2. The maximum absolute atomic E-state index is 13.0. The van der Waals surface area contributed by atoms with E-state index in [0.717, 1.165) is 45.0 Å². The number of carbonyl (C=O) groups is 1. The number of piperazine rings is 1. The SMILES string of the molecule is CC1COCCC1NC1CCC(C(=O)N2CCN(c3cccc(C(F)(F)F)c3)CC2)C1.CCC. The van der Waals surface area contributed by atoms with E-state index in [9.17, 15) is 18.0 Å². The first-order chi connectivity index (χ1) is 16.2. The van der Waals surface area contributed by atoms with Gasteiger partial charge in [-0.3, -0.25) is 4.79 Å². The number of rotatable bonds is 4. The van der Waals surface area contributed by atoms with Gasteiger partial charge in [0.25, 0.3) is 0 Å². The van der Waals surface area contributed by atoms with E-state index in [0.29, 0.717) is 49.9 Å². The largest absolute Gasteiger partial charge is 0.416 e. The molecule has 1 amide bonds. The van der Waals surface area contributed by atoms with Crippen molar-refractivity contribution >= 4 is 11.6 Å². The van der Waals surface area contributed by atoms with Crippen LogP contribution in [-0.2, 0) is 15.7 Å². The Bertz CT molecular complexity index is 781. The zero-order chi connectivity index (χ0) is 24.7. The highest BCUT2D eigenvalue weighted by molar-refractivity contribution is 5.79. The number of ether oxygens (including phenoxy) is 1. The molecule has 1 aromatic carbocycles. The van der Waals surface area contributed by atoms with Crippen molar-refractivity contribution in [3.63, 3.8) is 0 Å². The van der Waals surface area contributed by atoms with Crippen LogP contribution in [0.25, 0.3) is 0 Å². The van der Waals surface area contributed by atoms with Gasteiger partial charge in [0, 0.05) is 56.5 Å². The summed E-state index contributed by atoms with van der Waals surface area (Å²) in [6.45, 7) is 10.3. The molecule has 2 heterocycles. The molecule has 1 N–H and O–H groups in total. The Balaban J connectivity index is 0.00000103. The summed E-state index contributed by atoms with van der Waals surface area (Å²) in [5, 5.41) is 3.75. The number of anilines is 1. The second-order valence-electron chi connectivity index (χ2n) is 9.89. The molecule has 3 aliphatic rings. The predicted octanol–water partition coefficient (Wildman–Crippen LogP) is 4.95. The van der Waals surface area contributed by atoms with Gasteiger partial charge in [0.2, 0.25) is 5.91 Å². The Labute approximate surface area is 202 Å². The van der Waals surface area contributed by atoms with Crippen LogP contribution < -0.4 is 10.2 Å². The number of nitrogens with one attached hydrogen (secondary N) is 1. The fourth-order valence-corrected chi connectivity index (χ4v) is 5.11. The van der Waals surface area contributed by atoms with Crippen molar-refractivity contribution in [1.29, 1.82) is 0 Å². The lowest BCUT2D eigenvalue weighted by Crippen LogP contribution is -2.50. The van der Waals surface area contributed by atoms with Crippen LogP contribution >= 0.6 is 0 Å². The van der Waals surface area contributed by atoms with Gasteiger partial charge >= 0.3 is 6.18 Å². The van der Waals surface area contributed by atoms with Crippen molar-refractivity contribution in [3.8, 4) is 0 Å². The molecule has 1 aliphatic carbocycles. The molecule has 34 heavy (non-hydrogen) atoms. The van der Waals surface area contributed by atoms with E-state index in [2.05, 4.69) is 26.1 Å². The number of nitrogens with zero attached hydrogens (tertiary/aromatic N) is 2. The number of amides is 1. The highest BCUT2D eigenvalue weighted by Crippen LogP contribution is 2.33. The molecule has 8 heteroatoms. The van der Waals surface area contributed by atoms with Crippen LogP contribution in [0.3, 0.4) is 0 Å². The van der Waals surface area contributed by atoms with Gasteiger partial charge in [0.05, 0.1) is 12.2 Å². The van der Waals surface area contributed by atoms with Crippen molar-refractivity contribution in [2.75, 3.05) is 44.3 Å². The van der Waals surface area contributed by atoms with E-state index in [1.165, 1.54) is 18.6 Å². The maximum Gasteiger partial charge on any atom is 0.416 e. The van der Waals surface area contributed by atoms with Crippen molar-refractivity contribution in [1.82, 2.24) is 10.2 Å². The molecular formula is C26H40F3N3O2. The van der Waals surface area contributed by atoms with Gasteiger partial charge in [0.15, 0.2) is 0 Å². The normalized spacial score (nSPS) is 27.8. The molecule has 2 saturated heterocycles. The van der Waals surface area contributed by atoms with Gasteiger partial charge in [0.1, 0.15) is 0 Å². The van der Waals surface area contributed by atoms with Crippen LogP contribution in [0.15, 0.2) is 24.3 Å². The first kappa shape index (κ1) is 26.8. The third-order valence-corrected chi connectivity index (χ3v) is 7.00. The van der Waals surface area contributed by atoms with E-state index < -0.39 is 11.7 Å². The average molecular weight is 484 g/mol. The van der Waals surface area contributed by atoms with Crippen LogP contribution in [0.4, 0.5) is 18.9 Å². The molecule has 192 valence electrons. The minimum Gasteiger partial charge on any atom is -0.381 e. The summed E-state index contributed by atoms with van der Waals surface area (Å²) in [7, 11) is 0. The Morgan fingerprint density at radius 3 is 2.47 bits per heavy atom. The standard InChI is InChI=1S/C23H32F3N3O2.C3H8/c1-16-15-31-12-7-21(16)27-19-6-5-17(13-19)22(30)29-10-8-28(9-11-29)20-4-2-3-18(14-20)23(24,25)26;1-3-2/h2-4,14,16-17,19,21,27H,5-13,15H2,1H3;3H2,1-2H3. The lowest BCUT2D eigenvalue weighted by Gasteiger charge is -2.37. The number of hydrogen-bond donors (Lipinski definition) is 1. The molecule has 2 aliphatic heterocycles. The summed E-state index contributed by atoms with van der Waals surface area (Å²) in [4.78, 5) is 16.9. The molecule has 5 nitrogen and oxygen atoms in total. The zero-order valence-corrected chi connectivity index (χ0v) is 20.7. The van der Waals surface area contributed by atoms with Crippen LogP contribution in [-0.4, -0.2) is 62.3 Å². The van der Waals surface area contributed by atoms with E-state index in [-0.39, 0.29) is 11.8 Å². The average Bonchev–Trinajstić information content (AvgIpc) is 3.29. The predicted molar refractivity (Wildman–Crippen MR) is 129 cm³/mol. The highest BCUT2D eigenvalue weighted by atomic mass is 19.4. The van der Waals surface area contributed by atoms with E-state index >= 15 is 0 Å². The number of benzene rings is 1. The maximum atomic E-state index is 13.0. The third kappa shape index (κ3) is 7.11. The second-order valence-corrected chi connectivity index (χ2v) is 9.89. The van der Waals surface area contributed by atoms with E-state index in [1.807, 2.05) is 9.80 Å². The Kier molecular flexibility index (Phi) is 9.65. The first-order valence-corrected chi connectivity index (χ1v) is 12.8. The van der Waals surface area contributed by atoms with E-state index in [4.69, 9.17) is 4.74 Å². The smallest absolute Gasteiger partial charge is 0.381 e. The number of hydrogen-bond acceptors (Lipinski definition) is 4. The quantitative estimate of drug-likeness (QED) is 0.658. The number of halogens is 3. The molecule has 1 saturated carbocycles. The highest BCUT2D eigenvalue weighted by Gasteiger charge is 2.36. The van der Waals surface area contributed by atoms with Gasteiger partial charge in [-0.15, -0.1) is 0 Å². The minimum absolute atomic E-state index is 0.0488. The van der Waals surface area contributed by atoms with Crippen molar-refractivity contribution in [3.05, 3.63) is 29.8 Å². The number of carbonyl (C=O) groups excluding carboxylic acids is 1. The number of alkyl halides is 3. The topological polar surface area (TPSA) is 44.8 Å². The summed E-state index contributed by atoms with van der Waals surface area (Å²) >= 11 is 0. The molecular weight excluding hydrogens is 443 g/mol. The van der Waals surface area contributed by atoms with Crippen molar-refractivity contribution in [2.24, 2.45) is 11.8 Å². The monoisotopic (exact) mass is 483 g/mol. The molecule has 4 rings (SSSR count). The zero-order valence-electron chi connectivity index (χ0n) is 20.7. The van der Waals surface area contributed by atoms with Gasteiger partial charge in [-0.25, -0.2) is 0 Å². The molecule has 0 radical (unpaired) electrons. The van der Waals surface area contributed by atoms with E-state index in [1.54, 1.807) is 6.07 Å². The molecule has 3 fully saturated rings. The van der Waals surface area contributed by atoms with Crippen LogP contribution in [0.1, 0.15) is 58.4 Å². The fourth-order valence-electron chi connectivity index (χ4n) is 5.11. The Hall–Kier alpha value is -1.80. The Morgan fingerprint density at radius 1 is 1.12 bits per heavy atom. The summed E-state index contributed by atoms with van der Waals surface area (Å²) in [5.41, 5.74) is -0.0653. The van der Waals surface area contributed by atoms with Crippen molar-refractivity contribution < 1.29 is 22.7 Å². The summed E-state index contributed by atoms with van der Waals surface area (Å²) < 4.78 is 44.5. The van der Waals surface area contributed by atoms with Crippen LogP contribution in [0, 0.1) is 11.8 Å². The molecule has 4 unspecified atom stereocenters. The third-order valence-electron chi connectivity index (χ3n) is 7.00. The molecule has 4 atom stereocenters. The molecule has 0 spiro atoms. The minimum atomic E-state index is -4.34. The fraction of sp³-hybridized carbons (Fsp3) is 0.731. The lowest BCUT2D eigenvalue weighted by atomic mass is 9.96. The summed E-state index contributed by atoms with van der Waals surface area (Å²) in [5.74, 6) is 0.744. The first-order valence-electron chi connectivity index (χ1n) is 12.8. The summed E-state index contributed by atoms with van der Waals surface area (Å²) in [6.07, 6.45) is 0.723. The van der Waals surface area contributed by atoms with Crippen LogP contribution in [0.2, 0.25) is 0 Å².